The maximum absolute atomic E-state index is 9.79. The highest BCUT2D eigenvalue weighted by molar-refractivity contribution is 6.35. The lowest BCUT2D eigenvalue weighted by Crippen LogP contribution is -2.18. The second kappa shape index (κ2) is 6.06. The number of nitrogens with one attached hydrogen (secondary N) is 1. The van der Waals surface area contributed by atoms with Crippen LogP contribution in [0.4, 0.5) is 0 Å². The van der Waals surface area contributed by atoms with Crippen LogP contribution in [-0.2, 0) is 4.79 Å². The minimum absolute atomic E-state index is 0.380. The van der Waals surface area contributed by atoms with E-state index in [-0.39, 0.29) is 11.6 Å². The van der Waals surface area contributed by atoms with Gasteiger partial charge in [-0.15, -0.1) is 0 Å². The molecule has 0 aliphatic rings. The smallest absolute Gasteiger partial charge is 0.193 e. The highest BCUT2D eigenvalue weighted by Crippen LogP contribution is 1.58. The number of nitrogens with two attached hydrogens (primary N) is 3. The molecule has 48 valence electrons. The molecule has 5 heteroatoms. The molecule has 0 radical (unpaired) electrons. The number of rotatable bonds is 1. The van der Waals surface area contributed by atoms with Crippen LogP contribution < -0.4 is 17.4 Å². The van der Waals surface area contributed by atoms with Gasteiger partial charge >= 0.3 is 0 Å². The van der Waals surface area contributed by atoms with E-state index < -0.39 is 0 Å². The van der Waals surface area contributed by atoms with E-state index in [9.17, 15) is 4.79 Å². The molecule has 0 atom stereocenters. The van der Waals surface area contributed by atoms with E-state index in [4.69, 9.17) is 5.41 Å². The molecular weight excluding hydrogens is 108 g/mol. The molecule has 0 aromatic heterocycles. The third kappa shape index (κ3) is 8.91. The Balaban J connectivity index is 0. The van der Waals surface area contributed by atoms with Crippen LogP contribution in [-0.4, -0.2) is 11.6 Å². The van der Waals surface area contributed by atoms with Gasteiger partial charge in [-0.1, -0.05) is 0 Å². The van der Waals surface area contributed by atoms with Crippen LogP contribution in [0.3, 0.4) is 0 Å². The van der Waals surface area contributed by atoms with Crippen molar-refractivity contribution in [1.29, 1.82) is 5.41 Å². The van der Waals surface area contributed by atoms with E-state index in [2.05, 4.69) is 17.4 Å². The molecule has 0 bridgehead atoms. The molecule has 0 fully saturated rings. The van der Waals surface area contributed by atoms with Crippen LogP contribution in [0.1, 0.15) is 6.92 Å². The largest absolute Gasteiger partial charge is 0.381 e. The van der Waals surface area contributed by atoms with Gasteiger partial charge in [-0.2, -0.15) is 0 Å². The van der Waals surface area contributed by atoms with Crippen LogP contribution in [0, 0.1) is 5.41 Å². The molecule has 0 aliphatic carbocycles. The average molecular weight is 118 g/mol. The van der Waals surface area contributed by atoms with Gasteiger partial charge in [0, 0.05) is 6.92 Å². The first-order valence-electron chi connectivity index (χ1n) is 1.83. The lowest BCUT2D eigenvalue weighted by atomic mass is 10.4. The Morgan fingerprint density at radius 3 is 1.62 bits per heavy atom. The standard InChI is InChI=1S/C3H6N2O.H4N2/c1-2(6)3(4)5;1-2/h1H3,(H3,4,5);1-2H2. The summed E-state index contributed by atoms with van der Waals surface area (Å²) >= 11 is 0. The third-order valence-corrected chi connectivity index (χ3v) is 0.379. The maximum atomic E-state index is 9.79. The summed E-state index contributed by atoms with van der Waals surface area (Å²) in [7, 11) is 0. The minimum Gasteiger partial charge on any atom is -0.381 e. The SMILES string of the molecule is CC(=O)C(=N)N.NN. The summed E-state index contributed by atoms with van der Waals surface area (Å²) in [5, 5.41) is 6.38. The highest BCUT2D eigenvalue weighted by Gasteiger charge is 1.89. The summed E-state index contributed by atoms with van der Waals surface area (Å²) in [6.07, 6.45) is 0. The number of carbonyl (C=O) groups excluding carboxylic acids is 1. The maximum Gasteiger partial charge on any atom is 0.193 e. The Labute approximate surface area is 47.3 Å². The fourth-order valence-corrected chi connectivity index (χ4v) is 0. The summed E-state index contributed by atoms with van der Waals surface area (Å²) in [5.74, 6) is 7.24. The van der Waals surface area contributed by atoms with Gasteiger partial charge in [0.25, 0.3) is 0 Å². The number of carbonyl (C=O) groups is 1. The Morgan fingerprint density at radius 2 is 1.62 bits per heavy atom. The highest BCUT2D eigenvalue weighted by atomic mass is 16.1. The topological polar surface area (TPSA) is 119 Å². The van der Waals surface area contributed by atoms with Crippen molar-refractivity contribution in [2.24, 2.45) is 17.4 Å². The van der Waals surface area contributed by atoms with Gasteiger partial charge in [-0.3, -0.25) is 21.9 Å². The molecule has 0 aromatic carbocycles. The molecule has 0 saturated heterocycles. The Hall–Kier alpha value is -0.940. The molecular formula is C3H10N4O. The summed E-state index contributed by atoms with van der Waals surface area (Å²) in [6, 6.07) is 0. The van der Waals surface area contributed by atoms with E-state index >= 15 is 0 Å². The molecule has 0 aliphatic heterocycles. The first-order chi connectivity index (χ1) is 3.64. The summed E-state index contributed by atoms with van der Waals surface area (Å²) < 4.78 is 0. The first kappa shape index (κ1) is 10.1. The second-order valence-electron chi connectivity index (χ2n) is 0.970. The zero-order valence-corrected chi connectivity index (χ0v) is 4.64. The first-order valence-corrected chi connectivity index (χ1v) is 1.83. The van der Waals surface area contributed by atoms with Crippen molar-refractivity contribution in [3.05, 3.63) is 0 Å². The van der Waals surface area contributed by atoms with E-state index in [1.807, 2.05) is 0 Å². The fourth-order valence-electron chi connectivity index (χ4n) is 0. The number of hydrogen-bond donors (Lipinski definition) is 4. The summed E-state index contributed by atoms with van der Waals surface area (Å²) in [5.41, 5.74) is 4.67. The predicted octanol–water partition coefficient (Wildman–Crippen LogP) is -1.67. The minimum atomic E-state index is -0.380. The number of hydrazine groups is 1. The number of hydrogen-bond acceptors (Lipinski definition) is 4. The molecule has 0 aromatic rings. The quantitative estimate of drug-likeness (QED) is 0.142. The molecule has 0 spiro atoms. The van der Waals surface area contributed by atoms with Crippen molar-refractivity contribution in [3.63, 3.8) is 0 Å². The predicted molar refractivity (Wildman–Crippen MR) is 31.0 cm³/mol. The molecule has 0 saturated carbocycles. The number of amidine groups is 1. The van der Waals surface area contributed by atoms with Gasteiger partial charge in [0.15, 0.2) is 11.6 Å². The lowest BCUT2D eigenvalue weighted by molar-refractivity contribution is -0.111. The van der Waals surface area contributed by atoms with Crippen LogP contribution >= 0.6 is 0 Å². The van der Waals surface area contributed by atoms with Crippen LogP contribution in [0.25, 0.3) is 0 Å². The molecule has 0 heterocycles. The van der Waals surface area contributed by atoms with Crippen molar-refractivity contribution < 1.29 is 4.79 Å². The third-order valence-electron chi connectivity index (χ3n) is 0.379. The molecule has 0 amide bonds. The molecule has 7 N–H and O–H groups in total. The van der Waals surface area contributed by atoms with Crippen LogP contribution in [0.5, 0.6) is 0 Å². The average Bonchev–Trinajstić information content (AvgIpc) is 1.72. The van der Waals surface area contributed by atoms with E-state index in [1.165, 1.54) is 6.92 Å². The number of Topliss-reactive ketones (excluding diaryl/α,β-unsaturated/α-hetero) is 1. The monoisotopic (exact) mass is 118 g/mol. The zero-order chi connectivity index (χ0) is 7.15. The Morgan fingerprint density at radius 1 is 1.50 bits per heavy atom. The Bertz CT molecular complexity index is 77.3. The fraction of sp³-hybridized carbons (Fsp3) is 0.333. The number of ketones is 1. The Kier molecular flexibility index (Phi) is 7.67. The van der Waals surface area contributed by atoms with Crippen molar-refractivity contribution in [2.75, 3.05) is 0 Å². The van der Waals surface area contributed by atoms with Gasteiger partial charge < -0.3 is 5.73 Å². The van der Waals surface area contributed by atoms with Crippen LogP contribution in [0.15, 0.2) is 0 Å². The van der Waals surface area contributed by atoms with E-state index in [1.54, 1.807) is 0 Å². The van der Waals surface area contributed by atoms with Gasteiger partial charge in [0.1, 0.15) is 0 Å². The van der Waals surface area contributed by atoms with Crippen molar-refractivity contribution in [1.82, 2.24) is 0 Å². The van der Waals surface area contributed by atoms with Crippen molar-refractivity contribution >= 4 is 11.6 Å². The second-order valence-corrected chi connectivity index (χ2v) is 0.970. The molecule has 5 nitrogen and oxygen atoms in total. The summed E-state index contributed by atoms with van der Waals surface area (Å²) in [6.45, 7) is 1.25. The lowest BCUT2D eigenvalue weighted by Gasteiger charge is -1.79. The summed E-state index contributed by atoms with van der Waals surface area (Å²) in [4.78, 5) is 9.79. The van der Waals surface area contributed by atoms with Crippen molar-refractivity contribution in [2.45, 2.75) is 6.92 Å². The zero-order valence-electron chi connectivity index (χ0n) is 4.64. The molecule has 0 unspecified atom stereocenters. The van der Waals surface area contributed by atoms with E-state index in [0.29, 0.717) is 0 Å². The van der Waals surface area contributed by atoms with Crippen LogP contribution in [0.2, 0.25) is 0 Å². The molecule has 8 heavy (non-hydrogen) atoms. The van der Waals surface area contributed by atoms with Gasteiger partial charge in [0.05, 0.1) is 0 Å². The van der Waals surface area contributed by atoms with Gasteiger partial charge in [-0.25, -0.2) is 0 Å². The van der Waals surface area contributed by atoms with Gasteiger partial charge in [0.2, 0.25) is 0 Å². The molecule has 0 rings (SSSR count). The van der Waals surface area contributed by atoms with E-state index in [0.717, 1.165) is 0 Å². The van der Waals surface area contributed by atoms with Gasteiger partial charge in [-0.05, 0) is 0 Å². The normalized spacial score (nSPS) is 6.38. The van der Waals surface area contributed by atoms with Crippen molar-refractivity contribution in [3.8, 4) is 0 Å².